The molecule has 2 N–H and O–H groups in total. The molecule has 10 heteroatoms. The topological polar surface area (TPSA) is 103 Å². The van der Waals surface area contributed by atoms with Gasteiger partial charge in [0, 0.05) is 61.9 Å². The zero-order valence-electron chi connectivity index (χ0n) is 25.7. The fourth-order valence-corrected chi connectivity index (χ4v) is 5.26. The van der Waals surface area contributed by atoms with E-state index in [-0.39, 0.29) is 17.7 Å². The second-order valence-corrected chi connectivity index (χ2v) is 11.6. The maximum absolute atomic E-state index is 13.3. The minimum Gasteiger partial charge on any atom is -0.493 e. The molecule has 0 spiro atoms. The van der Waals surface area contributed by atoms with Crippen LogP contribution in [0.2, 0.25) is 0 Å². The number of ether oxygens (including phenoxy) is 1. The molecule has 2 aliphatic rings. The number of hydrogen-bond acceptors (Lipinski definition) is 8. The molecule has 1 saturated heterocycles. The summed E-state index contributed by atoms with van der Waals surface area (Å²) in [5, 5.41) is 6.46. The SMILES string of the molecule is CN(C)C/C=C/C(=O)N1CCC(C(=O)Nc2cc3cc(c2)Nc2nccc(n2)-c2cccc(c2)OCC/C=C/CN(C)C3)C1. The lowest BCUT2D eigenvalue weighted by Crippen LogP contribution is -2.30. The van der Waals surface area contributed by atoms with Crippen molar-refractivity contribution in [3.8, 4) is 17.0 Å². The van der Waals surface area contributed by atoms with Crippen molar-refractivity contribution in [1.29, 1.82) is 0 Å². The van der Waals surface area contributed by atoms with E-state index in [1.165, 1.54) is 0 Å². The molecule has 10 nitrogen and oxygen atoms in total. The highest BCUT2D eigenvalue weighted by Crippen LogP contribution is 2.27. The number of nitrogens with zero attached hydrogens (tertiary/aromatic N) is 5. The normalized spacial score (nSPS) is 18.3. The van der Waals surface area contributed by atoms with E-state index in [1.807, 2.05) is 67.5 Å². The van der Waals surface area contributed by atoms with E-state index in [0.717, 1.165) is 41.2 Å². The third-order valence-electron chi connectivity index (χ3n) is 7.49. The summed E-state index contributed by atoms with van der Waals surface area (Å²) < 4.78 is 5.96. The minimum atomic E-state index is -0.271. The molecule has 6 bridgehead atoms. The fourth-order valence-electron chi connectivity index (χ4n) is 5.26. The maximum Gasteiger partial charge on any atom is 0.246 e. The first-order chi connectivity index (χ1) is 21.3. The molecule has 2 amide bonds. The number of rotatable bonds is 5. The van der Waals surface area contributed by atoms with Crippen molar-refractivity contribution in [2.75, 3.05) is 64.6 Å². The summed E-state index contributed by atoms with van der Waals surface area (Å²) >= 11 is 0. The molecule has 0 aliphatic carbocycles. The molecule has 3 heterocycles. The number of benzene rings is 2. The highest BCUT2D eigenvalue weighted by Gasteiger charge is 2.30. The summed E-state index contributed by atoms with van der Waals surface area (Å²) in [6.45, 7) is 3.70. The molecule has 44 heavy (non-hydrogen) atoms. The lowest BCUT2D eigenvalue weighted by molar-refractivity contribution is -0.125. The van der Waals surface area contributed by atoms with Gasteiger partial charge in [-0.25, -0.2) is 9.97 Å². The van der Waals surface area contributed by atoms with Gasteiger partial charge < -0.3 is 25.2 Å². The molecular formula is C34H41N7O3. The van der Waals surface area contributed by atoms with Crippen LogP contribution >= 0.6 is 0 Å². The summed E-state index contributed by atoms with van der Waals surface area (Å²) in [6, 6.07) is 15.7. The number of aromatic nitrogens is 2. The summed E-state index contributed by atoms with van der Waals surface area (Å²) in [7, 11) is 5.97. The highest BCUT2D eigenvalue weighted by molar-refractivity contribution is 5.95. The Labute approximate surface area is 259 Å². The van der Waals surface area contributed by atoms with Crippen molar-refractivity contribution in [2.24, 2.45) is 5.92 Å². The molecule has 0 radical (unpaired) electrons. The highest BCUT2D eigenvalue weighted by atomic mass is 16.5. The van der Waals surface area contributed by atoms with Gasteiger partial charge in [-0.15, -0.1) is 0 Å². The van der Waals surface area contributed by atoms with Crippen molar-refractivity contribution in [2.45, 2.75) is 19.4 Å². The van der Waals surface area contributed by atoms with Gasteiger partial charge in [0.05, 0.1) is 18.2 Å². The van der Waals surface area contributed by atoms with Crippen LogP contribution in [-0.2, 0) is 16.1 Å². The quantitative estimate of drug-likeness (QED) is 0.327. The molecule has 2 aromatic carbocycles. The Hall–Kier alpha value is -4.54. The van der Waals surface area contributed by atoms with Gasteiger partial charge in [0.15, 0.2) is 0 Å². The zero-order chi connectivity index (χ0) is 30.9. The smallest absolute Gasteiger partial charge is 0.246 e. The van der Waals surface area contributed by atoms with Crippen molar-refractivity contribution >= 4 is 29.1 Å². The number of likely N-dealkylation sites (N-methyl/N-ethyl adjacent to an activating group) is 2. The summed E-state index contributed by atoms with van der Waals surface area (Å²) in [6.07, 6.45) is 10.9. The predicted octanol–water partition coefficient (Wildman–Crippen LogP) is 4.56. The van der Waals surface area contributed by atoms with Crippen molar-refractivity contribution in [1.82, 2.24) is 24.7 Å². The van der Waals surface area contributed by atoms with Gasteiger partial charge in [-0.1, -0.05) is 30.4 Å². The molecular weight excluding hydrogens is 554 g/mol. The minimum absolute atomic E-state index is 0.0554. The first-order valence-electron chi connectivity index (χ1n) is 15.0. The number of anilines is 3. The van der Waals surface area contributed by atoms with Gasteiger partial charge in [-0.2, -0.15) is 0 Å². The third-order valence-corrected chi connectivity index (χ3v) is 7.49. The first kappa shape index (κ1) is 30.9. The van der Waals surface area contributed by atoms with Gasteiger partial charge in [-0.3, -0.25) is 14.5 Å². The molecule has 1 unspecified atom stereocenters. The Morgan fingerprint density at radius 3 is 2.91 bits per heavy atom. The van der Waals surface area contributed by atoms with Gasteiger partial charge in [0.1, 0.15) is 5.75 Å². The monoisotopic (exact) mass is 595 g/mol. The summed E-state index contributed by atoms with van der Waals surface area (Å²) in [4.78, 5) is 41.1. The molecule has 2 aliphatic heterocycles. The van der Waals surface area contributed by atoms with Crippen molar-refractivity contribution < 1.29 is 14.3 Å². The predicted molar refractivity (Wildman–Crippen MR) is 174 cm³/mol. The maximum atomic E-state index is 13.3. The average molecular weight is 596 g/mol. The number of hydrogen-bond donors (Lipinski definition) is 2. The van der Waals surface area contributed by atoms with Gasteiger partial charge in [-0.05, 0) is 75.9 Å². The van der Waals surface area contributed by atoms with E-state index < -0.39 is 0 Å². The third kappa shape index (κ3) is 8.75. The van der Waals surface area contributed by atoms with Crippen LogP contribution in [0.3, 0.4) is 0 Å². The van der Waals surface area contributed by atoms with Gasteiger partial charge in [0.25, 0.3) is 0 Å². The van der Waals surface area contributed by atoms with Crippen LogP contribution in [0.5, 0.6) is 5.75 Å². The number of carbonyl (C=O) groups excluding carboxylic acids is 2. The first-order valence-corrected chi connectivity index (χ1v) is 15.0. The molecule has 230 valence electrons. The molecule has 0 saturated carbocycles. The Kier molecular flexibility index (Phi) is 10.4. The van der Waals surface area contributed by atoms with Crippen LogP contribution in [0.25, 0.3) is 11.3 Å². The number of nitrogens with one attached hydrogen (secondary N) is 2. The van der Waals surface area contributed by atoms with Crippen LogP contribution in [0.4, 0.5) is 17.3 Å². The van der Waals surface area contributed by atoms with E-state index in [2.05, 4.69) is 45.8 Å². The largest absolute Gasteiger partial charge is 0.493 e. The molecule has 1 atom stereocenters. The van der Waals surface area contributed by atoms with Crippen LogP contribution in [0.15, 0.2) is 79.0 Å². The molecule has 3 aromatic rings. The van der Waals surface area contributed by atoms with Gasteiger partial charge in [0.2, 0.25) is 17.8 Å². The Morgan fingerprint density at radius 1 is 1.16 bits per heavy atom. The van der Waals surface area contributed by atoms with E-state index in [9.17, 15) is 9.59 Å². The van der Waals surface area contributed by atoms with E-state index in [0.29, 0.717) is 50.8 Å². The molecule has 5 rings (SSSR count). The lowest BCUT2D eigenvalue weighted by atomic mass is 10.1. The van der Waals surface area contributed by atoms with E-state index in [4.69, 9.17) is 9.72 Å². The Morgan fingerprint density at radius 2 is 2.05 bits per heavy atom. The van der Waals surface area contributed by atoms with Crippen LogP contribution in [-0.4, -0.2) is 90.4 Å². The zero-order valence-corrected chi connectivity index (χ0v) is 25.7. The molecule has 1 aromatic heterocycles. The second kappa shape index (κ2) is 14.8. The van der Waals surface area contributed by atoms with Crippen molar-refractivity contribution in [3.05, 3.63) is 84.6 Å². The Bertz CT molecular complexity index is 1520. The standard InChI is InChI=1S/C34H41N7O3/c1-39(2)15-8-11-32(42)41-17-13-27(24-41)33(43)36-28-19-25-20-29(22-28)37-34-35-14-12-31(38-34)26-9-7-10-30(21-26)44-18-6-4-5-16-40(3)23-25/h4-5,7-12,14,19-22,27H,6,13,15-18,23-24H2,1-3H3,(H,36,43)(H,35,37,38)/b5-4+,11-8+. The second-order valence-electron chi connectivity index (χ2n) is 11.6. The van der Waals surface area contributed by atoms with Crippen molar-refractivity contribution in [3.63, 3.8) is 0 Å². The van der Waals surface area contributed by atoms with Crippen LogP contribution in [0.1, 0.15) is 18.4 Å². The lowest BCUT2D eigenvalue weighted by Gasteiger charge is -2.18. The van der Waals surface area contributed by atoms with E-state index >= 15 is 0 Å². The average Bonchev–Trinajstić information content (AvgIpc) is 3.49. The van der Waals surface area contributed by atoms with Crippen LogP contribution < -0.4 is 15.4 Å². The number of carbonyl (C=O) groups is 2. The number of amides is 2. The Balaban J connectivity index is 1.35. The number of likely N-dealkylation sites (tertiary alicyclic amines) is 1. The summed E-state index contributed by atoms with van der Waals surface area (Å²) in [5.41, 5.74) is 4.20. The number of fused-ring (bicyclic) bond motifs is 7. The van der Waals surface area contributed by atoms with Crippen LogP contribution in [0, 0.1) is 5.92 Å². The fraction of sp³-hybridized carbons (Fsp3) is 0.353. The van der Waals surface area contributed by atoms with Gasteiger partial charge >= 0.3 is 0 Å². The summed E-state index contributed by atoms with van der Waals surface area (Å²) in [5.74, 6) is 0.832. The molecule has 1 fully saturated rings. The van der Waals surface area contributed by atoms with E-state index in [1.54, 1.807) is 17.2 Å².